The zero-order valence-electron chi connectivity index (χ0n) is 10.6. The van der Waals surface area contributed by atoms with Gasteiger partial charge in [0.15, 0.2) is 5.82 Å². The SMILES string of the molecule is CN(C)CC(N)c1noc(-c2c(F)cccc2Br)n1. The molecule has 1 aromatic heterocycles. The van der Waals surface area contributed by atoms with Gasteiger partial charge in [0.05, 0.1) is 11.6 Å². The summed E-state index contributed by atoms with van der Waals surface area (Å²) in [5, 5.41) is 3.80. The molecule has 0 saturated heterocycles. The summed E-state index contributed by atoms with van der Waals surface area (Å²) >= 11 is 3.26. The van der Waals surface area contributed by atoms with Crippen molar-refractivity contribution in [1.82, 2.24) is 15.0 Å². The summed E-state index contributed by atoms with van der Waals surface area (Å²) in [7, 11) is 3.79. The highest BCUT2D eigenvalue weighted by Gasteiger charge is 2.19. The van der Waals surface area contributed by atoms with E-state index in [0.29, 0.717) is 16.8 Å². The third-order valence-corrected chi connectivity index (χ3v) is 3.17. The van der Waals surface area contributed by atoms with E-state index in [9.17, 15) is 4.39 Å². The highest BCUT2D eigenvalue weighted by molar-refractivity contribution is 9.10. The fourth-order valence-corrected chi connectivity index (χ4v) is 2.18. The molecule has 0 radical (unpaired) electrons. The number of likely N-dealkylation sites (N-methyl/N-ethyl adjacent to an activating group) is 1. The normalized spacial score (nSPS) is 12.9. The number of benzene rings is 1. The lowest BCUT2D eigenvalue weighted by Crippen LogP contribution is -2.26. The second kappa shape index (κ2) is 5.77. The van der Waals surface area contributed by atoms with Crippen LogP contribution in [-0.2, 0) is 0 Å². The zero-order chi connectivity index (χ0) is 14.0. The molecule has 2 N–H and O–H groups in total. The van der Waals surface area contributed by atoms with Crippen LogP contribution in [0.15, 0.2) is 27.2 Å². The van der Waals surface area contributed by atoms with Crippen LogP contribution >= 0.6 is 15.9 Å². The molecule has 0 bridgehead atoms. The van der Waals surface area contributed by atoms with Crippen molar-refractivity contribution in [3.8, 4) is 11.5 Å². The zero-order valence-corrected chi connectivity index (χ0v) is 12.2. The molecule has 1 aromatic carbocycles. The standard InChI is InChI=1S/C12H14BrFN4O/c1-18(2)6-9(15)11-16-12(19-17-11)10-7(13)4-3-5-8(10)14/h3-5,9H,6,15H2,1-2H3. The van der Waals surface area contributed by atoms with E-state index in [2.05, 4.69) is 26.1 Å². The van der Waals surface area contributed by atoms with Gasteiger partial charge in [-0.2, -0.15) is 4.98 Å². The van der Waals surface area contributed by atoms with Gasteiger partial charge >= 0.3 is 0 Å². The molecule has 1 unspecified atom stereocenters. The molecular formula is C12H14BrFN4O. The maximum Gasteiger partial charge on any atom is 0.262 e. The molecule has 0 fully saturated rings. The van der Waals surface area contributed by atoms with Crippen LogP contribution in [0.25, 0.3) is 11.5 Å². The summed E-state index contributed by atoms with van der Waals surface area (Å²) in [6.45, 7) is 0.581. The summed E-state index contributed by atoms with van der Waals surface area (Å²) in [4.78, 5) is 6.07. The van der Waals surface area contributed by atoms with Crippen molar-refractivity contribution < 1.29 is 8.91 Å². The second-order valence-electron chi connectivity index (χ2n) is 4.42. The van der Waals surface area contributed by atoms with Gasteiger partial charge in [0.25, 0.3) is 5.89 Å². The maximum atomic E-state index is 13.8. The Labute approximate surface area is 118 Å². The van der Waals surface area contributed by atoms with Gasteiger partial charge in [-0.1, -0.05) is 11.2 Å². The van der Waals surface area contributed by atoms with Gasteiger partial charge in [-0.25, -0.2) is 4.39 Å². The van der Waals surface area contributed by atoms with Crippen LogP contribution in [0.5, 0.6) is 0 Å². The molecule has 0 spiro atoms. The molecule has 0 aliphatic rings. The van der Waals surface area contributed by atoms with Crippen LogP contribution in [0.2, 0.25) is 0 Å². The average molecular weight is 329 g/mol. The number of nitrogens with zero attached hydrogens (tertiary/aromatic N) is 3. The molecule has 1 heterocycles. The van der Waals surface area contributed by atoms with Crippen molar-refractivity contribution >= 4 is 15.9 Å². The van der Waals surface area contributed by atoms with E-state index in [0.717, 1.165) is 0 Å². The van der Waals surface area contributed by atoms with Crippen molar-refractivity contribution in [2.75, 3.05) is 20.6 Å². The summed E-state index contributed by atoms with van der Waals surface area (Å²) in [6, 6.07) is 4.27. The number of aromatic nitrogens is 2. The van der Waals surface area contributed by atoms with Gasteiger partial charge in [-0.15, -0.1) is 0 Å². The first kappa shape index (κ1) is 14.1. The Balaban J connectivity index is 2.31. The predicted octanol–water partition coefficient (Wildman–Crippen LogP) is 2.20. The third-order valence-electron chi connectivity index (χ3n) is 2.51. The lowest BCUT2D eigenvalue weighted by atomic mass is 10.2. The van der Waals surface area contributed by atoms with E-state index in [1.165, 1.54) is 6.07 Å². The predicted molar refractivity (Wildman–Crippen MR) is 72.9 cm³/mol. The van der Waals surface area contributed by atoms with Gasteiger partial charge in [0, 0.05) is 11.0 Å². The van der Waals surface area contributed by atoms with Gasteiger partial charge in [0.1, 0.15) is 5.82 Å². The molecule has 0 saturated carbocycles. The van der Waals surface area contributed by atoms with Crippen LogP contribution in [-0.4, -0.2) is 35.7 Å². The fraction of sp³-hybridized carbons (Fsp3) is 0.333. The van der Waals surface area contributed by atoms with Crippen LogP contribution in [0.1, 0.15) is 11.9 Å². The first-order chi connectivity index (χ1) is 8.99. The van der Waals surface area contributed by atoms with Crippen molar-refractivity contribution in [2.45, 2.75) is 6.04 Å². The molecule has 2 aromatic rings. The minimum Gasteiger partial charge on any atom is -0.334 e. The Hall–Kier alpha value is -1.31. The van der Waals surface area contributed by atoms with Crippen LogP contribution in [0, 0.1) is 5.82 Å². The van der Waals surface area contributed by atoms with Gasteiger partial charge in [-0.3, -0.25) is 0 Å². The Morgan fingerprint density at radius 3 is 2.84 bits per heavy atom. The van der Waals surface area contributed by atoms with E-state index in [1.54, 1.807) is 12.1 Å². The van der Waals surface area contributed by atoms with Crippen molar-refractivity contribution in [3.05, 3.63) is 34.3 Å². The van der Waals surface area contributed by atoms with Crippen LogP contribution < -0.4 is 5.73 Å². The number of halogens is 2. The molecule has 0 aliphatic carbocycles. The molecule has 102 valence electrons. The molecule has 7 heteroatoms. The second-order valence-corrected chi connectivity index (χ2v) is 5.28. The smallest absolute Gasteiger partial charge is 0.262 e. The van der Waals surface area contributed by atoms with Crippen molar-refractivity contribution in [1.29, 1.82) is 0 Å². The van der Waals surface area contributed by atoms with Crippen molar-refractivity contribution in [3.63, 3.8) is 0 Å². The third kappa shape index (κ3) is 3.17. The molecule has 1 atom stereocenters. The Morgan fingerprint density at radius 2 is 2.21 bits per heavy atom. The van der Waals surface area contributed by atoms with E-state index in [1.807, 2.05) is 19.0 Å². The quantitative estimate of drug-likeness (QED) is 0.931. The number of nitrogens with two attached hydrogens (primary N) is 1. The molecule has 2 rings (SSSR count). The highest BCUT2D eigenvalue weighted by atomic mass is 79.9. The van der Waals surface area contributed by atoms with Crippen molar-refractivity contribution in [2.24, 2.45) is 5.73 Å². The largest absolute Gasteiger partial charge is 0.334 e. The van der Waals surface area contributed by atoms with Gasteiger partial charge in [0.2, 0.25) is 0 Å². The summed E-state index contributed by atoms with van der Waals surface area (Å²) < 4.78 is 19.4. The minimum absolute atomic E-state index is 0.120. The molecule has 0 amide bonds. The monoisotopic (exact) mass is 328 g/mol. The number of hydrogen-bond donors (Lipinski definition) is 1. The van der Waals surface area contributed by atoms with Gasteiger partial charge < -0.3 is 15.2 Å². The van der Waals surface area contributed by atoms with Crippen LogP contribution in [0.3, 0.4) is 0 Å². The number of rotatable bonds is 4. The summed E-state index contributed by atoms with van der Waals surface area (Å²) in [6.07, 6.45) is 0. The van der Waals surface area contributed by atoms with Gasteiger partial charge in [-0.05, 0) is 42.2 Å². The Morgan fingerprint density at radius 1 is 1.47 bits per heavy atom. The van der Waals surface area contributed by atoms with E-state index >= 15 is 0 Å². The Kier molecular flexibility index (Phi) is 4.28. The molecular weight excluding hydrogens is 315 g/mol. The first-order valence-corrected chi connectivity index (χ1v) is 6.46. The Bertz CT molecular complexity index is 552. The molecule has 0 aliphatic heterocycles. The topological polar surface area (TPSA) is 68.2 Å². The van der Waals surface area contributed by atoms with E-state index in [4.69, 9.17) is 10.3 Å². The average Bonchev–Trinajstić information content (AvgIpc) is 2.77. The van der Waals surface area contributed by atoms with E-state index in [-0.39, 0.29) is 17.5 Å². The highest BCUT2D eigenvalue weighted by Crippen LogP contribution is 2.29. The minimum atomic E-state index is -0.425. The lowest BCUT2D eigenvalue weighted by molar-refractivity contribution is 0.357. The summed E-state index contributed by atoms with van der Waals surface area (Å²) in [5.41, 5.74) is 6.18. The fourth-order valence-electron chi connectivity index (χ4n) is 1.66. The van der Waals surface area contributed by atoms with Crippen LogP contribution in [0.4, 0.5) is 4.39 Å². The van der Waals surface area contributed by atoms with E-state index < -0.39 is 5.82 Å². The first-order valence-electron chi connectivity index (χ1n) is 5.67. The number of hydrogen-bond acceptors (Lipinski definition) is 5. The lowest BCUT2D eigenvalue weighted by Gasteiger charge is -2.12. The maximum absolute atomic E-state index is 13.8. The summed E-state index contributed by atoms with van der Waals surface area (Å²) in [5.74, 6) is 0.0544. The molecule has 19 heavy (non-hydrogen) atoms. The molecule has 5 nitrogen and oxygen atoms in total.